The summed E-state index contributed by atoms with van der Waals surface area (Å²) < 4.78 is 0. The number of nitrogens with one attached hydrogen (secondary N) is 1. The Morgan fingerprint density at radius 2 is 2.00 bits per heavy atom. The van der Waals surface area contributed by atoms with Crippen molar-refractivity contribution in [3.8, 4) is 10.7 Å². The summed E-state index contributed by atoms with van der Waals surface area (Å²) in [5, 5.41) is 3.76. The SMILES string of the molecule is Cc1ccc(CNC(=O)c2sc(-c3ccccn3)nc2C)c(C)c1. The first kappa shape index (κ1) is 16.3. The second-order valence-corrected chi connectivity index (χ2v) is 6.76. The van der Waals surface area contributed by atoms with Crippen LogP contribution in [0.4, 0.5) is 0 Å². The third-order valence-electron chi connectivity index (χ3n) is 3.82. The molecule has 122 valence electrons. The van der Waals surface area contributed by atoms with Crippen molar-refractivity contribution in [2.45, 2.75) is 27.3 Å². The summed E-state index contributed by atoms with van der Waals surface area (Å²) in [5.41, 5.74) is 5.06. The number of aryl methyl sites for hydroxylation is 3. The van der Waals surface area contributed by atoms with Crippen molar-refractivity contribution >= 4 is 17.2 Å². The fraction of sp³-hybridized carbons (Fsp3) is 0.211. The van der Waals surface area contributed by atoms with E-state index in [4.69, 9.17) is 0 Å². The highest BCUT2D eigenvalue weighted by molar-refractivity contribution is 7.17. The predicted octanol–water partition coefficient (Wildman–Crippen LogP) is 4.06. The van der Waals surface area contributed by atoms with Crippen LogP contribution in [-0.2, 0) is 6.54 Å². The van der Waals surface area contributed by atoms with E-state index >= 15 is 0 Å². The van der Waals surface area contributed by atoms with Crippen LogP contribution >= 0.6 is 11.3 Å². The lowest BCUT2D eigenvalue weighted by Crippen LogP contribution is -2.23. The Labute approximate surface area is 145 Å². The van der Waals surface area contributed by atoms with Gasteiger partial charge in [-0.15, -0.1) is 11.3 Å². The smallest absolute Gasteiger partial charge is 0.263 e. The fourth-order valence-corrected chi connectivity index (χ4v) is 3.47. The van der Waals surface area contributed by atoms with Crippen LogP contribution in [0.5, 0.6) is 0 Å². The van der Waals surface area contributed by atoms with E-state index in [1.165, 1.54) is 22.5 Å². The van der Waals surface area contributed by atoms with Crippen LogP contribution in [0.1, 0.15) is 32.1 Å². The molecule has 24 heavy (non-hydrogen) atoms. The zero-order chi connectivity index (χ0) is 17.1. The van der Waals surface area contributed by atoms with Crippen molar-refractivity contribution in [1.29, 1.82) is 0 Å². The molecule has 0 radical (unpaired) electrons. The van der Waals surface area contributed by atoms with Crippen molar-refractivity contribution in [1.82, 2.24) is 15.3 Å². The molecule has 0 saturated heterocycles. The molecule has 0 spiro atoms. The molecule has 3 aromatic rings. The standard InChI is InChI=1S/C19H19N3OS/c1-12-7-8-15(13(2)10-12)11-21-18(23)17-14(3)22-19(24-17)16-6-4-5-9-20-16/h4-10H,11H2,1-3H3,(H,21,23). The molecule has 0 aliphatic rings. The minimum atomic E-state index is -0.0906. The van der Waals surface area contributed by atoms with Crippen LogP contribution in [0.15, 0.2) is 42.6 Å². The maximum atomic E-state index is 12.5. The fourth-order valence-electron chi connectivity index (χ4n) is 2.51. The van der Waals surface area contributed by atoms with Gasteiger partial charge < -0.3 is 5.32 Å². The normalized spacial score (nSPS) is 10.6. The third-order valence-corrected chi connectivity index (χ3v) is 5.00. The number of carbonyl (C=O) groups excluding carboxylic acids is 1. The number of nitrogens with zero attached hydrogens (tertiary/aromatic N) is 2. The van der Waals surface area contributed by atoms with Crippen LogP contribution in [-0.4, -0.2) is 15.9 Å². The van der Waals surface area contributed by atoms with Gasteiger partial charge in [0.2, 0.25) is 0 Å². The molecular weight excluding hydrogens is 318 g/mol. The second-order valence-electron chi connectivity index (χ2n) is 5.76. The zero-order valence-electron chi connectivity index (χ0n) is 14.0. The molecule has 0 aliphatic carbocycles. The third kappa shape index (κ3) is 3.51. The minimum Gasteiger partial charge on any atom is -0.347 e. The molecule has 0 fully saturated rings. The number of amides is 1. The largest absolute Gasteiger partial charge is 0.347 e. The molecule has 0 aliphatic heterocycles. The van der Waals surface area contributed by atoms with Crippen molar-refractivity contribution in [3.63, 3.8) is 0 Å². The van der Waals surface area contributed by atoms with E-state index in [0.717, 1.165) is 22.0 Å². The van der Waals surface area contributed by atoms with Crippen LogP contribution in [0, 0.1) is 20.8 Å². The van der Waals surface area contributed by atoms with Gasteiger partial charge >= 0.3 is 0 Å². The summed E-state index contributed by atoms with van der Waals surface area (Å²) in [4.78, 5) is 21.9. The first-order valence-electron chi connectivity index (χ1n) is 7.78. The van der Waals surface area contributed by atoms with Crippen LogP contribution in [0.25, 0.3) is 10.7 Å². The van der Waals surface area contributed by atoms with Gasteiger partial charge in [0.15, 0.2) is 0 Å². The quantitative estimate of drug-likeness (QED) is 0.781. The molecule has 1 aromatic carbocycles. The van der Waals surface area contributed by atoms with Gasteiger partial charge in [-0.2, -0.15) is 0 Å². The summed E-state index contributed by atoms with van der Waals surface area (Å²) in [6, 6.07) is 11.9. The lowest BCUT2D eigenvalue weighted by atomic mass is 10.1. The maximum absolute atomic E-state index is 12.5. The van der Waals surface area contributed by atoms with E-state index in [0.29, 0.717) is 11.4 Å². The molecule has 5 heteroatoms. The summed E-state index contributed by atoms with van der Waals surface area (Å²) >= 11 is 1.38. The van der Waals surface area contributed by atoms with Crippen molar-refractivity contribution in [2.24, 2.45) is 0 Å². The highest BCUT2D eigenvalue weighted by Gasteiger charge is 2.16. The number of carbonyl (C=O) groups is 1. The average molecular weight is 337 g/mol. The highest BCUT2D eigenvalue weighted by atomic mass is 32.1. The molecule has 2 heterocycles. The van der Waals surface area contributed by atoms with Gasteiger partial charge in [0.05, 0.1) is 11.4 Å². The van der Waals surface area contributed by atoms with E-state index in [2.05, 4.69) is 47.3 Å². The topological polar surface area (TPSA) is 54.9 Å². The molecule has 0 atom stereocenters. The van der Waals surface area contributed by atoms with Crippen molar-refractivity contribution < 1.29 is 4.79 Å². The Morgan fingerprint density at radius 3 is 2.71 bits per heavy atom. The molecule has 1 amide bonds. The van der Waals surface area contributed by atoms with Gasteiger partial charge in [0.25, 0.3) is 5.91 Å². The van der Waals surface area contributed by atoms with Gasteiger partial charge in [0.1, 0.15) is 9.88 Å². The Morgan fingerprint density at radius 1 is 1.17 bits per heavy atom. The number of benzene rings is 1. The first-order valence-corrected chi connectivity index (χ1v) is 8.59. The number of hydrogen-bond acceptors (Lipinski definition) is 4. The Kier molecular flexibility index (Phi) is 4.71. The Balaban J connectivity index is 1.75. The van der Waals surface area contributed by atoms with Crippen LogP contribution < -0.4 is 5.32 Å². The van der Waals surface area contributed by atoms with E-state index in [1.54, 1.807) is 6.20 Å². The Bertz CT molecular complexity index is 872. The lowest BCUT2D eigenvalue weighted by molar-refractivity contribution is 0.0954. The lowest BCUT2D eigenvalue weighted by Gasteiger charge is -2.08. The molecule has 0 bridgehead atoms. The van der Waals surface area contributed by atoms with Gasteiger partial charge in [-0.1, -0.05) is 29.8 Å². The van der Waals surface area contributed by atoms with E-state index < -0.39 is 0 Å². The maximum Gasteiger partial charge on any atom is 0.263 e. The van der Waals surface area contributed by atoms with E-state index in [1.807, 2.05) is 25.1 Å². The van der Waals surface area contributed by atoms with Gasteiger partial charge in [-0.3, -0.25) is 9.78 Å². The number of rotatable bonds is 4. The number of aromatic nitrogens is 2. The number of pyridine rings is 1. The minimum absolute atomic E-state index is 0.0906. The van der Waals surface area contributed by atoms with Crippen LogP contribution in [0.3, 0.4) is 0 Å². The molecular formula is C19H19N3OS. The van der Waals surface area contributed by atoms with Crippen LogP contribution in [0.2, 0.25) is 0 Å². The molecule has 4 nitrogen and oxygen atoms in total. The number of hydrogen-bond donors (Lipinski definition) is 1. The molecule has 3 rings (SSSR count). The van der Waals surface area contributed by atoms with E-state index in [-0.39, 0.29) is 5.91 Å². The summed E-state index contributed by atoms with van der Waals surface area (Å²) in [7, 11) is 0. The first-order chi connectivity index (χ1) is 11.5. The van der Waals surface area contributed by atoms with Gasteiger partial charge in [0, 0.05) is 12.7 Å². The summed E-state index contributed by atoms with van der Waals surface area (Å²) in [6.45, 7) is 6.50. The molecule has 0 unspecified atom stereocenters. The highest BCUT2D eigenvalue weighted by Crippen LogP contribution is 2.26. The van der Waals surface area contributed by atoms with Crippen molar-refractivity contribution in [3.05, 3.63) is 69.9 Å². The zero-order valence-corrected chi connectivity index (χ0v) is 14.8. The monoisotopic (exact) mass is 337 g/mol. The molecule has 2 aromatic heterocycles. The van der Waals surface area contributed by atoms with Gasteiger partial charge in [-0.05, 0) is 44.0 Å². The molecule has 1 N–H and O–H groups in total. The molecule has 0 saturated carbocycles. The number of thiazole rings is 1. The predicted molar refractivity (Wildman–Crippen MR) is 97.2 cm³/mol. The summed E-state index contributed by atoms with van der Waals surface area (Å²) in [5.74, 6) is -0.0906. The van der Waals surface area contributed by atoms with Crippen molar-refractivity contribution in [2.75, 3.05) is 0 Å². The average Bonchev–Trinajstić information content (AvgIpc) is 2.96. The summed E-state index contributed by atoms with van der Waals surface area (Å²) in [6.07, 6.45) is 1.73. The Hall–Kier alpha value is -2.53. The van der Waals surface area contributed by atoms with E-state index in [9.17, 15) is 4.79 Å². The van der Waals surface area contributed by atoms with Gasteiger partial charge in [-0.25, -0.2) is 4.98 Å². The second kappa shape index (κ2) is 6.93.